The number of thioether (sulfide) groups is 1. The van der Waals surface area contributed by atoms with Crippen LogP contribution in [0.5, 0.6) is 0 Å². The molecule has 0 saturated carbocycles. The van der Waals surface area contributed by atoms with Crippen molar-refractivity contribution < 1.29 is 9.53 Å². The molecule has 0 aliphatic carbocycles. The highest BCUT2D eigenvalue weighted by molar-refractivity contribution is 7.99. The number of amides is 1. The number of carbonyl (C=O) groups is 1. The molecule has 1 saturated heterocycles. The smallest absolute Gasteiger partial charge is 0.410 e. The number of rotatable bonds is 5. The van der Waals surface area contributed by atoms with E-state index in [1.807, 2.05) is 49.6 Å². The van der Waals surface area contributed by atoms with Gasteiger partial charge in [0.25, 0.3) is 0 Å². The maximum atomic E-state index is 12.6. The van der Waals surface area contributed by atoms with Crippen molar-refractivity contribution in [1.29, 1.82) is 0 Å². The molecule has 1 aliphatic rings. The molecule has 1 atom stereocenters. The lowest BCUT2D eigenvalue weighted by Crippen LogP contribution is -2.56. The molecule has 150 valence electrons. The molecule has 1 heterocycles. The summed E-state index contributed by atoms with van der Waals surface area (Å²) in [6, 6.07) is 21.3. The summed E-state index contributed by atoms with van der Waals surface area (Å²) in [5.74, 6) is 0.941. The maximum absolute atomic E-state index is 12.6. The van der Waals surface area contributed by atoms with Crippen molar-refractivity contribution in [1.82, 2.24) is 9.80 Å². The number of benzene rings is 2. The van der Waals surface area contributed by atoms with E-state index in [-0.39, 0.29) is 12.1 Å². The van der Waals surface area contributed by atoms with Crippen molar-refractivity contribution in [2.24, 2.45) is 0 Å². The second-order valence-corrected chi connectivity index (χ2v) is 9.25. The summed E-state index contributed by atoms with van der Waals surface area (Å²) >= 11 is 1.85. The Morgan fingerprint density at radius 2 is 1.68 bits per heavy atom. The van der Waals surface area contributed by atoms with Gasteiger partial charge in [-0.05, 0) is 38.5 Å². The van der Waals surface area contributed by atoms with E-state index in [1.165, 1.54) is 10.5 Å². The zero-order valence-corrected chi connectivity index (χ0v) is 17.8. The van der Waals surface area contributed by atoms with Gasteiger partial charge in [0.15, 0.2) is 0 Å². The maximum Gasteiger partial charge on any atom is 0.410 e. The Morgan fingerprint density at radius 3 is 2.32 bits per heavy atom. The minimum atomic E-state index is -0.466. The number of hydrogen-bond acceptors (Lipinski definition) is 4. The van der Waals surface area contributed by atoms with Crippen molar-refractivity contribution >= 4 is 17.9 Å². The second kappa shape index (κ2) is 9.48. The van der Waals surface area contributed by atoms with E-state index in [4.69, 9.17) is 4.74 Å². The van der Waals surface area contributed by atoms with E-state index in [0.29, 0.717) is 13.1 Å². The zero-order chi connectivity index (χ0) is 20.0. The molecule has 4 nitrogen and oxygen atoms in total. The number of piperazine rings is 1. The third-order valence-corrected chi connectivity index (χ3v) is 5.83. The molecule has 2 aromatic carbocycles. The summed E-state index contributed by atoms with van der Waals surface area (Å²) in [7, 11) is 0. The van der Waals surface area contributed by atoms with Crippen LogP contribution in [0.2, 0.25) is 0 Å². The average molecular weight is 399 g/mol. The molecule has 5 heteroatoms. The number of nitrogens with zero attached hydrogens (tertiary/aromatic N) is 2. The van der Waals surface area contributed by atoms with Crippen LogP contribution in [0.1, 0.15) is 26.3 Å². The van der Waals surface area contributed by atoms with Gasteiger partial charge in [0.1, 0.15) is 5.60 Å². The quantitative estimate of drug-likeness (QED) is 0.671. The molecule has 0 aromatic heterocycles. The lowest BCUT2D eigenvalue weighted by Gasteiger charge is -2.41. The number of ether oxygens (including phenoxy) is 1. The molecule has 0 radical (unpaired) electrons. The van der Waals surface area contributed by atoms with E-state index in [2.05, 4.69) is 53.4 Å². The second-order valence-electron chi connectivity index (χ2n) is 8.16. The van der Waals surface area contributed by atoms with Crippen molar-refractivity contribution in [2.75, 3.05) is 25.4 Å². The van der Waals surface area contributed by atoms with E-state index in [0.717, 1.165) is 18.8 Å². The summed E-state index contributed by atoms with van der Waals surface area (Å²) < 4.78 is 5.60. The first kappa shape index (κ1) is 20.7. The first-order chi connectivity index (χ1) is 13.4. The Morgan fingerprint density at radius 1 is 1.04 bits per heavy atom. The Kier molecular flexibility index (Phi) is 7.03. The van der Waals surface area contributed by atoms with Crippen LogP contribution in [-0.4, -0.2) is 52.9 Å². The van der Waals surface area contributed by atoms with Crippen LogP contribution in [0.25, 0.3) is 0 Å². The third kappa shape index (κ3) is 6.28. The van der Waals surface area contributed by atoms with E-state index in [1.54, 1.807) is 0 Å². The fourth-order valence-electron chi connectivity index (χ4n) is 3.28. The summed E-state index contributed by atoms with van der Waals surface area (Å²) in [6.45, 7) is 8.91. The summed E-state index contributed by atoms with van der Waals surface area (Å²) in [6.07, 6.45) is -0.207. The molecule has 0 spiro atoms. The van der Waals surface area contributed by atoms with Gasteiger partial charge in [-0.1, -0.05) is 48.5 Å². The SMILES string of the molecule is CC(C)(C)OC(=O)N1CCN(Cc2ccccc2)[C@H](CSc2ccccc2)C1. The van der Waals surface area contributed by atoms with Crippen LogP contribution in [0.15, 0.2) is 65.6 Å². The van der Waals surface area contributed by atoms with Gasteiger partial charge in [-0.25, -0.2) is 4.79 Å². The Labute approximate surface area is 172 Å². The molecule has 1 fully saturated rings. The topological polar surface area (TPSA) is 32.8 Å². The van der Waals surface area contributed by atoms with Gasteiger partial charge >= 0.3 is 6.09 Å². The molecular weight excluding hydrogens is 368 g/mol. The van der Waals surface area contributed by atoms with Crippen molar-refractivity contribution in [3.05, 3.63) is 66.2 Å². The van der Waals surface area contributed by atoms with Gasteiger partial charge in [-0.15, -0.1) is 11.8 Å². The molecule has 1 amide bonds. The first-order valence-corrected chi connectivity index (χ1v) is 10.8. The van der Waals surface area contributed by atoms with Gasteiger partial charge in [-0.2, -0.15) is 0 Å². The van der Waals surface area contributed by atoms with E-state index >= 15 is 0 Å². The van der Waals surface area contributed by atoms with Gasteiger partial charge in [-0.3, -0.25) is 4.90 Å². The third-order valence-electron chi connectivity index (χ3n) is 4.67. The molecular formula is C23H30N2O2S. The van der Waals surface area contributed by atoms with Crippen LogP contribution < -0.4 is 0 Å². The summed E-state index contributed by atoms with van der Waals surface area (Å²) in [4.78, 5) is 18.2. The summed E-state index contributed by atoms with van der Waals surface area (Å²) in [5, 5.41) is 0. The largest absolute Gasteiger partial charge is 0.444 e. The van der Waals surface area contributed by atoms with Crippen LogP contribution >= 0.6 is 11.8 Å². The monoisotopic (exact) mass is 398 g/mol. The molecule has 0 bridgehead atoms. The highest BCUT2D eigenvalue weighted by Gasteiger charge is 2.32. The lowest BCUT2D eigenvalue weighted by atomic mass is 10.1. The number of hydrogen-bond donors (Lipinski definition) is 0. The Balaban J connectivity index is 1.67. The predicted molar refractivity (Wildman–Crippen MR) is 116 cm³/mol. The normalized spacial score (nSPS) is 18.1. The zero-order valence-electron chi connectivity index (χ0n) is 17.0. The average Bonchev–Trinajstić information content (AvgIpc) is 2.67. The molecule has 2 aromatic rings. The van der Waals surface area contributed by atoms with E-state index < -0.39 is 5.60 Å². The van der Waals surface area contributed by atoms with Gasteiger partial charge in [0, 0.05) is 42.9 Å². The van der Waals surface area contributed by atoms with Gasteiger partial charge < -0.3 is 9.64 Å². The fraction of sp³-hybridized carbons (Fsp3) is 0.435. The van der Waals surface area contributed by atoms with Crippen molar-refractivity contribution in [3.8, 4) is 0 Å². The van der Waals surface area contributed by atoms with E-state index in [9.17, 15) is 4.79 Å². The fourth-order valence-corrected chi connectivity index (χ4v) is 4.33. The molecule has 3 rings (SSSR count). The molecule has 28 heavy (non-hydrogen) atoms. The highest BCUT2D eigenvalue weighted by atomic mass is 32.2. The highest BCUT2D eigenvalue weighted by Crippen LogP contribution is 2.24. The van der Waals surface area contributed by atoms with Crippen LogP contribution in [0.4, 0.5) is 4.79 Å². The Hall–Kier alpha value is -1.98. The van der Waals surface area contributed by atoms with Crippen LogP contribution in [-0.2, 0) is 11.3 Å². The first-order valence-electron chi connectivity index (χ1n) is 9.84. The predicted octanol–water partition coefficient (Wildman–Crippen LogP) is 4.90. The summed E-state index contributed by atoms with van der Waals surface area (Å²) in [5.41, 5.74) is 0.843. The Bertz CT molecular complexity index is 746. The minimum absolute atomic E-state index is 0.207. The lowest BCUT2D eigenvalue weighted by molar-refractivity contribution is 0.00517. The van der Waals surface area contributed by atoms with Gasteiger partial charge in [0.2, 0.25) is 0 Å². The molecule has 0 unspecified atom stereocenters. The number of carbonyl (C=O) groups excluding carboxylic acids is 1. The molecule has 1 aliphatic heterocycles. The van der Waals surface area contributed by atoms with Gasteiger partial charge in [0.05, 0.1) is 0 Å². The standard InChI is InChI=1S/C23H30N2O2S/c1-23(2,3)27-22(26)25-15-14-24(16-19-10-6-4-7-11-19)20(17-25)18-28-21-12-8-5-9-13-21/h4-13,20H,14-18H2,1-3H3/t20-/m0/s1. The van der Waals surface area contributed by atoms with Crippen LogP contribution in [0, 0.1) is 0 Å². The van der Waals surface area contributed by atoms with Crippen molar-refractivity contribution in [2.45, 2.75) is 43.9 Å². The molecule has 0 N–H and O–H groups in total. The van der Waals surface area contributed by atoms with Crippen molar-refractivity contribution in [3.63, 3.8) is 0 Å². The minimum Gasteiger partial charge on any atom is -0.444 e. The van der Waals surface area contributed by atoms with Crippen LogP contribution in [0.3, 0.4) is 0 Å².